The van der Waals surface area contributed by atoms with E-state index < -0.39 is 0 Å². The zero-order valence-electron chi connectivity index (χ0n) is 15.3. The van der Waals surface area contributed by atoms with Crippen molar-refractivity contribution in [1.82, 2.24) is 4.90 Å². The van der Waals surface area contributed by atoms with Crippen LogP contribution in [0.3, 0.4) is 0 Å². The van der Waals surface area contributed by atoms with Crippen LogP contribution in [0, 0.1) is 0 Å². The van der Waals surface area contributed by atoms with Crippen molar-refractivity contribution in [3.63, 3.8) is 0 Å². The van der Waals surface area contributed by atoms with Crippen molar-refractivity contribution in [2.75, 3.05) is 13.2 Å². The fourth-order valence-corrected chi connectivity index (χ4v) is 3.88. The van der Waals surface area contributed by atoms with Gasteiger partial charge in [-0.2, -0.15) is 0 Å². The lowest BCUT2D eigenvalue weighted by Gasteiger charge is -2.13. The monoisotopic (exact) mass is 413 g/mol. The molecule has 2 aromatic carbocycles. The van der Waals surface area contributed by atoms with Crippen LogP contribution in [0.2, 0.25) is 0 Å². The van der Waals surface area contributed by atoms with E-state index in [2.05, 4.69) is 0 Å². The van der Waals surface area contributed by atoms with Gasteiger partial charge < -0.3 is 9.47 Å². The van der Waals surface area contributed by atoms with Crippen molar-refractivity contribution in [3.05, 3.63) is 65.1 Å². The van der Waals surface area contributed by atoms with Gasteiger partial charge in [0.25, 0.3) is 5.91 Å². The Morgan fingerprint density at radius 1 is 1.14 bits per heavy atom. The number of nitrogens with zero attached hydrogens (tertiary/aromatic N) is 1. The van der Waals surface area contributed by atoms with E-state index in [-0.39, 0.29) is 24.8 Å². The van der Waals surface area contributed by atoms with E-state index in [1.54, 1.807) is 13.0 Å². The van der Waals surface area contributed by atoms with Crippen molar-refractivity contribution in [2.45, 2.75) is 13.3 Å². The van der Waals surface area contributed by atoms with Crippen molar-refractivity contribution in [1.29, 1.82) is 0 Å². The molecule has 0 bridgehead atoms. The molecule has 1 fully saturated rings. The number of ether oxygens (including phenoxy) is 2. The maximum Gasteiger partial charge on any atom is 0.307 e. The van der Waals surface area contributed by atoms with Gasteiger partial charge in [0.2, 0.25) is 0 Å². The first-order valence-corrected chi connectivity index (χ1v) is 10.0. The highest BCUT2D eigenvalue weighted by molar-refractivity contribution is 8.26. The van der Waals surface area contributed by atoms with Gasteiger partial charge in [-0.25, -0.2) is 0 Å². The molecule has 0 N–H and O–H groups in total. The molecule has 0 atom stereocenters. The number of benzene rings is 2. The number of carbonyl (C=O) groups excluding carboxylic acids is 2. The van der Waals surface area contributed by atoms with Gasteiger partial charge in [0.15, 0.2) is 0 Å². The minimum absolute atomic E-state index is 0.119. The van der Waals surface area contributed by atoms with Gasteiger partial charge in [-0.3, -0.25) is 14.5 Å². The second kappa shape index (κ2) is 9.52. The third-order valence-corrected chi connectivity index (χ3v) is 5.23. The van der Waals surface area contributed by atoms with Crippen LogP contribution in [0.1, 0.15) is 18.9 Å². The highest BCUT2D eigenvalue weighted by atomic mass is 32.2. The summed E-state index contributed by atoms with van der Waals surface area (Å²) < 4.78 is 11.2. The Hall–Kier alpha value is -2.64. The van der Waals surface area contributed by atoms with Crippen LogP contribution in [-0.2, 0) is 14.3 Å². The van der Waals surface area contributed by atoms with E-state index >= 15 is 0 Å². The molecule has 1 heterocycles. The van der Waals surface area contributed by atoms with E-state index in [0.717, 1.165) is 11.3 Å². The van der Waals surface area contributed by atoms with E-state index in [4.69, 9.17) is 21.7 Å². The van der Waals surface area contributed by atoms with E-state index in [1.165, 1.54) is 16.7 Å². The summed E-state index contributed by atoms with van der Waals surface area (Å²) in [6.07, 6.45) is 1.90. The minimum atomic E-state index is -0.341. The Morgan fingerprint density at radius 3 is 2.64 bits per heavy atom. The molecule has 0 aromatic heterocycles. The summed E-state index contributed by atoms with van der Waals surface area (Å²) in [5.74, 6) is 0.877. The SMILES string of the molecule is CCOC(=O)CCN1C(=O)/C(=C\c2cccc(Oc3ccccc3)c2)SC1=S. The lowest BCUT2D eigenvalue weighted by atomic mass is 10.2. The van der Waals surface area contributed by atoms with E-state index in [0.29, 0.717) is 21.6 Å². The highest BCUT2D eigenvalue weighted by Gasteiger charge is 2.32. The number of hydrogen-bond acceptors (Lipinski definition) is 6. The zero-order chi connectivity index (χ0) is 19.9. The van der Waals surface area contributed by atoms with Crippen LogP contribution in [0.5, 0.6) is 11.5 Å². The Labute approximate surface area is 173 Å². The third kappa shape index (κ3) is 5.21. The lowest BCUT2D eigenvalue weighted by Crippen LogP contribution is -2.30. The molecule has 1 saturated heterocycles. The molecule has 2 aromatic rings. The number of rotatable bonds is 7. The first-order valence-electron chi connectivity index (χ1n) is 8.81. The second-order valence-electron chi connectivity index (χ2n) is 5.88. The van der Waals surface area contributed by atoms with E-state index in [1.807, 2.05) is 54.6 Å². The van der Waals surface area contributed by atoms with Crippen LogP contribution < -0.4 is 4.74 Å². The molecule has 7 heteroatoms. The Balaban J connectivity index is 1.69. The quantitative estimate of drug-likeness (QED) is 0.375. The van der Waals surface area contributed by atoms with Gasteiger partial charge in [0.1, 0.15) is 15.8 Å². The standard InChI is InChI=1S/C21H19NO4S2/c1-2-25-19(23)11-12-22-20(24)18(28-21(22)27)14-15-7-6-10-17(13-15)26-16-8-4-3-5-9-16/h3-10,13-14H,2,11-12H2,1H3/b18-14+. The third-order valence-electron chi connectivity index (χ3n) is 3.85. The summed E-state index contributed by atoms with van der Waals surface area (Å²) >= 11 is 6.52. The average Bonchev–Trinajstić information content (AvgIpc) is 2.94. The van der Waals surface area contributed by atoms with Crippen molar-refractivity contribution in [2.24, 2.45) is 0 Å². The van der Waals surface area contributed by atoms with Gasteiger partial charge in [0, 0.05) is 6.54 Å². The van der Waals surface area contributed by atoms with Crippen molar-refractivity contribution < 1.29 is 19.1 Å². The Morgan fingerprint density at radius 2 is 1.89 bits per heavy atom. The fourth-order valence-electron chi connectivity index (χ4n) is 2.57. The van der Waals surface area contributed by atoms with E-state index in [9.17, 15) is 9.59 Å². The molecular formula is C21H19NO4S2. The topological polar surface area (TPSA) is 55.8 Å². The fraction of sp³-hybridized carbons (Fsp3) is 0.190. The molecule has 0 aliphatic carbocycles. The number of amides is 1. The first kappa shape index (κ1) is 20.1. The number of thioether (sulfide) groups is 1. The van der Waals surface area contributed by atoms with Crippen LogP contribution >= 0.6 is 24.0 Å². The summed E-state index contributed by atoms with van der Waals surface area (Å²) in [4.78, 5) is 26.1. The number of hydrogen-bond donors (Lipinski definition) is 0. The van der Waals surface area contributed by atoms with Gasteiger partial charge in [-0.1, -0.05) is 54.3 Å². The normalized spacial score (nSPS) is 15.2. The van der Waals surface area contributed by atoms with Crippen molar-refractivity contribution in [3.8, 4) is 11.5 Å². The summed E-state index contributed by atoms with van der Waals surface area (Å²) in [5.41, 5.74) is 0.833. The number of para-hydroxylation sites is 1. The van der Waals surface area contributed by atoms with Crippen LogP contribution in [0.25, 0.3) is 6.08 Å². The molecule has 0 saturated carbocycles. The molecule has 0 unspecified atom stereocenters. The number of esters is 1. The zero-order valence-corrected chi connectivity index (χ0v) is 16.9. The molecule has 5 nitrogen and oxygen atoms in total. The molecule has 0 radical (unpaired) electrons. The van der Waals surface area contributed by atoms with Gasteiger partial charge in [-0.05, 0) is 42.8 Å². The lowest BCUT2D eigenvalue weighted by molar-refractivity contribution is -0.143. The summed E-state index contributed by atoms with van der Waals surface area (Å²) in [6, 6.07) is 17.0. The highest BCUT2D eigenvalue weighted by Crippen LogP contribution is 2.33. The van der Waals surface area contributed by atoms with Crippen LogP contribution in [-0.4, -0.2) is 34.2 Å². The predicted octanol–water partition coefficient (Wildman–Crippen LogP) is 4.63. The Kier molecular flexibility index (Phi) is 6.84. The van der Waals surface area contributed by atoms with Gasteiger partial charge in [-0.15, -0.1) is 0 Å². The predicted molar refractivity (Wildman–Crippen MR) is 114 cm³/mol. The maximum absolute atomic E-state index is 12.6. The first-order chi connectivity index (χ1) is 13.6. The molecule has 1 amide bonds. The van der Waals surface area contributed by atoms with Crippen molar-refractivity contribution >= 4 is 46.3 Å². The van der Waals surface area contributed by atoms with Gasteiger partial charge >= 0.3 is 5.97 Å². The second-order valence-corrected chi connectivity index (χ2v) is 7.55. The summed E-state index contributed by atoms with van der Waals surface area (Å²) in [5, 5.41) is 0. The molecule has 1 aliphatic heterocycles. The largest absolute Gasteiger partial charge is 0.466 e. The molecule has 144 valence electrons. The molecule has 1 aliphatic rings. The average molecular weight is 414 g/mol. The number of carbonyl (C=O) groups is 2. The van der Waals surface area contributed by atoms with Crippen LogP contribution in [0.4, 0.5) is 0 Å². The minimum Gasteiger partial charge on any atom is -0.466 e. The smallest absolute Gasteiger partial charge is 0.307 e. The Bertz CT molecular complexity index is 912. The van der Waals surface area contributed by atoms with Crippen LogP contribution in [0.15, 0.2) is 59.5 Å². The molecule has 3 rings (SSSR count). The molecule has 28 heavy (non-hydrogen) atoms. The number of thiocarbonyl (C=S) groups is 1. The summed E-state index contributed by atoms with van der Waals surface area (Å²) in [6.45, 7) is 2.28. The molecular weight excluding hydrogens is 394 g/mol. The van der Waals surface area contributed by atoms with Gasteiger partial charge in [0.05, 0.1) is 17.9 Å². The molecule has 0 spiro atoms. The maximum atomic E-state index is 12.6. The summed E-state index contributed by atoms with van der Waals surface area (Å²) in [7, 11) is 0.